The van der Waals surface area contributed by atoms with Crippen LogP contribution in [-0.4, -0.2) is 57.3 Å². The second-order valence-electron chi connectivity index (χ2n) is 3.65. The van der Waals surface area contributed by atoms with E-state index in [-0.39, 0.29) is 26.0 Å². The van der Waals surface area contributed by atoms with Crippen molar-refractivity contribution in [1.29, 1.82) is 0 Å². The fourth-order valence-corrected chi connectivity index (χ4v) is 1.73. The average molecular weight is 231 g/mol. The molecule has 0 radical (unpaired) electrons. The summed E-state index contributed by atoms with van der Waals surface area (Å²) < 4.78 is 0. The molecule has 16 heavy (non-hydrogen) atoms. The first-order valence-electron chi connectivity index (χ1n) is 4.83. The number of hydrogen-bond acceptors (Lipinski definition) is 4. The van der Waals surface area contributed by atoms with Crippen LogP contribution in [0.4, 0.5) is 0 Å². The fourth-order valence-electron chi connectivity index (χ4n) is 1.73. The number of carbonyl (C=O) groups is 3. The molecular weight excluding hydrogens is 218 g/mol. The van der Waals surface area contributed by atoms with Crippen LogP contribution in [0.1, 0.15) is 12.8 Å². The van der Waals surface area contributed by atoms with E-state index in [2.05, 4.69) is 0 Å². The van der Waals surface area contributed by atoms with Gasteiger partial charge in [0.2, 0.25) is 5.91 Å². The number of hydrogen-bond donors (Lipinski definition) is 3. The number of likely N-dealkylation sites (tertiary alicyclic amines) is 1. The van der Waals surface area contributed by atoms with Gasteiger partial charge in [0.05, 0.1) is 5.92 Å². The zero-order valence-corrected chi connectivity index (χ0v) is 8.50. The van der Waals surface area contributed by atoms with Gasteiger partial charge in [0.1, 0.15) is 6.04 Å². The molecule has 1 unspecified atom stereocenters. The highest BCUT2D eigenvalue weighted by atomic mass is 16.4. The standard InChI is InChI=1S/C9H13NO6/c11-2-1-6(9(15)16)10-4-5(8(13)14)3-7(10)12/h5-6,11H,1-4H2,(H,13,14)(H,15,16)/t5?,6-/m0/s1. The lowest BCUT2D eigenvalue weighted by atomic mass is 10.1. The lowest BCUT2D eigenvalue weighted by Gasteiger charge is -2.23. The average Bonchev–Trinajstić information content (AvgIpc) is 2.56. The first-order chi connectivity index (χ1) is 7.47. The van der Waals surface area contributed by atoms with Crippen LogP contribution in [-0.2, 0) is 14.4 Å². The van der Waals surface area contributed by atoms with Crippen LogP contribution in [0, 0.1) is 5.92 Å². The topological polar surface area (TPSA) is 115 Å². The summed E-state index contributed by atoms with van der Waals surface area (Å²) in [6, 6.07) is -1.14. The minimum Gasteiger partial charge on any atom is -0.481 e. The van der Waals surface area contributed by atoms with Gasteiger partial charge in [-0.2, -0.15) is 0 Å². The van der Waals surface area contributed by atoms with E-state index >= 15 is 0 Å². The molecule has 0 saturated carbocycles. The molecule has 0 bridgehead atoms. The second-order valence-corrected chi connectivity index (χ2v) is 3.65. The van der Waals surface area contributed by atoms with E-state index in [4.69, 9.17) is 15.3 Å². The fraction of sp³-hybridized carbons (Fsp3) is 0.667. The van der Waals surface area contributed by atoms with Gasteiger partial charge in [0, 0.05) is 26.0 Å². The molecule has 0 aromatic rings. The van der Waals surface area contributed by atoms with Gasteiger partial charge in [-0.25, -0.2) is 4.79 Å². The molecule has 0 aromatic heterocycles. The maximum atomic E-state index is 11.4. The normalized spacial score (nSPS) is 22.2. The molecule has 1 aliphatic heterocycles. The molecule has 7 nitrogen and oxygen atoms in total. The highest BCUT2D eigenvalue weighted by Gasteiger charge is 2.40. The Balaban J connectivity index is 2.75. The molecule has 1 fully saturated rings. The predicted octanol–water partition coefficient (Wildman–Crippen LogP) is -1.24. The summed E-state index contributed by atoms with van der Waals surface area (Å²) in [4.78, 5) is 34.0. The number of aliphatic carboxylic acids is 2. The highest BCUT2D eigenvalue weighted by Crippen LogP contribution is 2.21. The van der Waals surface area contributed by atoms with Crippen LogP contribution in [0.5, 0.6) is 0 Å². The summed E-state index contributed by atoms with van der Waals surface area (Å²) >= 11 is 0. The van der Waals surface area contributed by atoms with Crippen LogP contribution >= 0.6 is 0 Å². The van der Waals surface area contributed by atoms with Gasteiger partial charge in [0.25, 0.3) is 0 Å². The number of amides is 1. The number of nitrogens with zero attached hydrogens (tertiary/aromatic N) is 1. The molecule has 3 N–H and O–H groups in total. The number of carbonyl (C=O) groups excluding carboxylic acids is 1. The Kier molecular flexibility index (Phi) is 3.83. The number of rotatable bonds is 5. The van der Waals surface area contributed by atoms with Crippen molar-refractivity contribution in [3.8, 4) is 0 Å². The van der Waals surface area contributed by atoms with Crippen LogP contribution in [0.3, 0.4) is 0 Å². The zero-order chi connectivity index (χ0) is 12.3. The molecule has 0 spiro atoms. The van der Waals surface area contributed by atoms with Gasteiger partial charge in [-0.1, -0.05) is 0 Å². The molecule has 0 aliphatic carbocycles. The molecule has 2 atom stereocenters. The summed E-state index contributed by atoms with van der Waals surface area (Å²) in [6.45, 7) is -0.469. The van der Waals surface area contributed by atoms with Gasteiger partial charge in [-0.3, -0.25) is 9.59 Å². The summed E-state index contributed by atoms with van der Waals surface area (Å²) in [6.07, 6.45) is -0.266. The predicted molar refractivity (Wildman–Crippen MR) is 50.6 cm³/mol. The van der Waals surface area contributed by atoms with Crippen molar-refractivity contribution in [2.75, 3.05) is 13.2 Å². The van der Waals surface area contributed by atoms with E-state index in [1.54, 1.807) is 0 Å². The SMILES string of the molecule is O=C(O)C1CC(=O)N([C@@H](CCO)C(=O)O)C1. The van der Waals surface area contributed by atoms with E-state index in [1.165, 1.54) is 0 Å². The van der Waals surface area contributed by atoms with Crippen molar-refractivity contribution in [2.24, 2.45) is 5.92 Å². The van der Waals surface area contributed by atoms with Gasteiger partial charge >= 0.3 is 11.9 Å². The van der Waals surface area contributed by atoms with E-state index in [9.17, 15) is 14.4 Å². The van der Waals surface area contributed by atoms with Crippen molar-refractivity contribution in [3.05, 3.63) is 0 Å². The minimum absolute atomic E-state index is 0.0899. The van der Waals surface area contributed by atoms with Crippen molar-refractivity contribution in [1.82, 2.24) is 4.90 Å². The Labute approximate surface area is 91.3 Å². The molecule has 1 saturated heterocycles. The third-order valence-electron chi connectivity index (χ3n) is 2.57. The monoisotopic (exact) mass is 231 g/mol. The molecule has 1 amide bonds. The number of aliphatic hydroxyl groups excluding tert-OH is 1. The molecule has 90 valence electrons. The van der Waals surface area contributed by atoms with Crippen LogP contribution in [0.15, 0.2) is 0 Å². The van der Waals surface area contributed by atoms with E-state index in [0.717, 1.165) is 4.90 Å². The van der Waals surface area contributed by atoms with Crippen LogP contribution in [0.25, 0.3) is 0 Å². The van der Waals surface area contributed by atoms with E-state index in [1.807, 2.05) is 0 Å². The van der Waals surface area contributed by atoms with Crippen LogP contribution < -0.4 is 0 Å². The van der Waals surface area contributed by atoms with Crippen molar-refractivity contribution < 1.29 is 29.7 Å². The first-order valence-corrected chi connectivity index (χ1v) is 4.83. The van der Waals surface area contributed by atoms with Gasteiger partial charge in [0.15, 0.2) is 0 Å². The van der Waals surface area contributed by atoms with Crippen LogP contribution in [0.2, 0.25) is 0 Å². The number of carboxylic acids is 2. The number of carboxylic acid groups (broad SMARTS) is 2. The zero-order valence-electron chi connectivity index (χ0n) is 8.50. The van der Waals surface area contributed by atoms with Gasteiger partial charge in [-0.15, -0.1) is 0 Å². The highest BCUT2D eigenvalue weighted by molar-refractivity contribution is 5.89. The van der Waals surface area contributed by atoms with Crippen molar-refractivity contribution >= 4 is 17.8 Å². The smallest absolute Gasteiger partial charge is 0.326 e. The summed E-state index contributed by atoms with van der Waals surface area (Å²) in [7, 11) is 0. The molecule has 1 rings (SSSR count). The molecule has 1 heterocycles. The third kappa shape index (κ3) is 2.48. The Morgan fingerprint density at radius 2 is 2.06 bits per heavy atom. The Hall–Kier alpha value is -1.63. The quantitative estimate of drug-likeness (QED) is 0.544. The van der Waals surface area contributed by atoms with E-state index < -0.39 is 29.8 Å². The van der Waals surface area contributed by atoms with Crippen molar-refractivity contribution in [2.45, 2.75) is 18.9 Å². The first kappa shape index (κ1) is 12.4. The Morgan fingerprint density at radius 1 is 1.44 bits per heavy atom. The second kappa shape index (κ2) is 4.93. The van der Waals surface area contributed by atoms with Crippen molar-refractivity contribution in [3.63, 3.8) is 0 Å². The lowest BCUT2D eigenvalue weighted by molar-refractivity contribution is -0.149. The minimum atomic E-state index is -1.23. The largest absolute Gasteiger partial charge is 0.481 e. The van der Waals surface area contributed by atoms with Gasteiger partial charge < -0.3 is 20.2 Å². The Morgan fingerprint density at radius 3 is 2.44 bits per heavy atom. The lowest BCUT2D eigenvalue weighted by Crippen LogP contribution is -2.43. The molecule has 1 aliphatic rings. The number of aliphatic hydroxyl groups is 1. The maximum Gasteiger partial charge on any atom is 0.326 e. The molecule has 0 aromatic carbocycles. The molecular formula is C9H13NO6. The summed E-state index contributed by atoms with van der Waals surface area (Å²) in [5, 5.41) is 26.3. The summed E-state index contributed by atoms with van der Waals surface area (Å²) in [5.41, 5.74) is 0. The summed E-state index contributed by atoms with van der Waals surface area (Å²) in [5.74, 6) is -3.68. The maximum absolute atomic E-state index is 11.4. The Bertz CT molecular complexity index is 315. The third-order valence-corrected chi connectivity index (χ3v) is 2.57. The van der Waals surface area contributed by atoms with Gasteiger partial charge in [-0.05, 0) is 0 Å². The van der Waals surface area contributed by atoms with E-state index in [0.29, 0.717) is 0 Å². The molecule has 7 heteroatoms.